The van der Waals surface area contributed by atoms with Crippen molar-refractivity contribution in [3.63, 3.8) is 0 Å². The number of benzene rings is 2. The van der Waals surface area contributed by atoms with Gasteiger partial charge >= 0.3 is 0 Å². The molecule has 22 heavy (non-hydrogen) atoms. The van der Waals surface area contributed by atoms with Gasteiger partial charge in [0.25, 0.3) is 0 Å². The summed E-state index contributed by atoms with van der Waals surface area (Å²) in [5.41, 5.74) is 2.36. The molecule has 0 aromatic heterocycles. The van der Waals surface area contributed by atoms with Gasteiger partial charge in [0.05, 0.1) is 11.8 Å². The number of halogens is 1. The van der Waals surface area contributed by atoms with Crippen molar-refractivity contribution in [1.82, 2.24) is 5.32 Å². The molecule has 0 unspecified atom stereocenters. The van der Waals surface area contributed by atoms with Crippen LogP contribution in [0.5, 0.6) is 0 Å². The molecular weight excluding hydrogens is 358 g/mol. The van der Waals surface area contributed by atoms with E-state index in [2.05, 4.69) is 40.3 Å². The van der Waals surface area contributed by atoms with Crippen LogP contribution in [-0.4, -0.2) is 11.7 Å². The summed E-state index contributed by atoms with van der Waals surface area (Å²) in [7, 11) is 0. The van der Waals surface area contributed by atoms with E-state index in [0.29, 0.717) is 11.0 Å². The summed E-state index contributed by atoms with van der Waals surface area (Å²) in [6, 6.07) is 18.3. The third-order valence-corrected chi connectivity index (χ3v) is 5.21. The lowest BCUT2D eigenvalue weighted by molar-refractivity contribution is -0.119. The number of carbonyl (C=O) groups excluding carboxylic acids is 1. The van der Waals surface area contributed by atoms with Crippen LogP contribution in [0.2, 0.25) is 0 Å². The van der Waals surface area contributed by atoms with Crippen LogP contribution < -0.4 is 5.32 Å². The van der Waals surface area contributed by atoms with Gasteiger partial charge in [-0.3, -0.25) is 4.79 Å². The van der Waals surface area contributed by atoms with E-state index in [1.165, 1.54) is 5.56 Å². The van der Waals surface area contributed by atoms with Gasteiger partial charge in [-0.1, -0.05) is 58.4 Å². The lowest BCUT2D eigenvalue weighted by Gasteiger charge is -2.16. The van der Waals surface area contributed by atoms with E-state index in [0.717, 1.165) is 10.0 Å². The summed E-state index contributed by atoms with van der Waals surface area (Å²) in [6.45, 7) is 4.14. The van der Waals surface area contributed by atoms with E-state index in [9.17, 15) is 4.79 Å². The van der Waals surface area contributed by atoms with Crippen molar-refractivity contribution in [2.75, 3.05) is 5.75 Å². The molecular formula is C18H20BrNOS. The van der Waals surface area contributed by atoms with Crippen molar-refractivity contribution >= 4 is 33.6 Å². The van der Waals surface area contributed by atoms with Gasteiger partial charge in [-0.25, -0.2) is 0 Å². The fourth-order valence-electron chi connectivity index (χ4n) is 2.14. The first-order valence-corrected chi connectivity index (χ1v) is 9.12. The summed E-state index contributed by atoms with van der Waals surface area (Å²) in [5.74, 6) is 0.542. The Kier molecular flexibility index (Phi) is 6.52. The molecule has 0 saturated carbocycles. The first-order chi connectivity index (χ1) is 10.6. The maximum atomic E-state index is 12.1. The molecule has 2 aromatic rings. The van der Waals surface area contributed by atoms with Crippen LogP contribution in [0.3, 0.4) is 0 Å². The van der Waals surface area contributed by atoms with Gasteiger partial charge in [0.15, 0.2) is 0 Å². The zero-order valence-corrected chi connectivity index (χ0v) is 15.2. The van der Waals surface area contributed by atoms with Crippen LogP contribution in [-0.2, 0) is 4.79 Å². The Morgan fingerprint density at radius 3 is 2.32 bits per heavy atom. The van der Waals surface area contributed by atoms with Crippen molar-refractivity contribution in [2.45, 2.75) is 25.1 Å². The molecule has 4 heteroatoms. The van der Waals surface area contributed by atoms with Gasteiger partial charge in [0.2, 0.25) is 5.91 Å². The molecule has 2 nitrogen and oxygen atoms in total. The topological polar surface area (TPSA) is 29.1 Å². The minimum Gasteiger partial charge on any atom is -0.349 e. The Morgan fingerprint density at radius 1 is 1.05 bits per heavy atom. The molecule has 0 heterocycles. The fourth-order valence-corrected chi connectivity index (χ4v) is 3.24. The summed E-state index contributed by atoms with van der Waals surface area (Å²) in [6.07, 6.45) is 0. The minimum absolute atomic E-state index is 0.0215. The average Bonchev–Trinajstić information content (AvgIpc) is 2.54. The number of nitrogens with one attached hydrogen (secondary N) is 1. The zero-order chi connectivity index (χ0) is 15.9. The monoisotopic (exact) mass is 377 g/mol. The van der Waals surface area contributed by atoms with E-state index < -0.39 is 0 Å². The molecule has 1 amide bonds. The third-order valence-electron chi connectivity index (χ3n) is 3.48. The molecule has 0 aliphatic heterocycles. The molecule has 2 atom stereocenters. The van der Waals surface area contributed by atoms with Gasteiger partial charge in [0.1, 0.15) is 0 Å². The van der Waals surface area contributed by atoms with Crippen molar-refractivity contribution in [1.29, 1.82) is 0 Å². The van der Waals surface area contributed by atoms with Crippen LogP contribution in [0, 0.1) is 0 Å². The molecule has 1 N–H and O–H groups in total. The van der Waals surface area contributed by atoms with E-state index in [-0.39, 0.29) is 11.9 Å². The molecule has 116 valence electrons. The fraction of sp³-hybridized carbons (Fsp3) is 0.278. The van der Waals surface area contributed by atoms with Gasteiger partial charge in [0, 0.05) is 9.72 Å². The Balaban J connectivity index is 1.81. The van der Waals surface area contributed by atoms with Crippen molar-refractivity contribution in [3.05, 3.63) is 70.2 Å². The van der Waals surface area contributed by atoms with Gasteiger partial charge in [-0.15, -0.1) is 11.8 Å². The SMILES string of the molecule is C[C@H](NC(=O)CS[C@@H](C)c1ccccc1)c1ccc(Br)cc1. The predicted octanol–water partition coefficient (Wildman–Crippen LogP) is 5.12. The van der Waals surface area contributed by atoms with E-state index in [4.69, 9.17) is 0 Å². The summed E-state index contributed by atoms with van der Waals surface area (Å²) >= 11 is 5.08. The highest BCUT2D eigenvalue weighted by Gasteiger charge is 2.12. The highest BCUT2D eigenvalue weighted by Crippen LogP contribution is 2.27. The van der Waals surface area contributed by atoms with Crippen LogP contribution in [0.25, 0.3) is 0 Å². The van der Waals surface area contributed by atoms with Crippen molar-refractivity contribution in [2.24, 2.45) is 0 Å². The molecule has 0 saturated heterocycles. The minimum atomic E-state index is 0.0215. The Morgan fingerprint density at radius 2 is 1.68 bits per heavy atom. The molecule has 2 rings (SSSR count). The molecule has 2 aromatic carbocycles. The normalized spacial score (nSPS) is 13.4. The highest BCUT2D eigenvalue weighted by atomic mass is 79.9. The number of hydrogen-bond donors (Lipinski definition) is 1. The predicted molar refractivity (Wildman–Crippen MR) is 98.0 cm³/mol. The lowest BCUT2D eigenvalue weighted by atomic mass is 10.1. The second kappa shape index (κ2) is 8.39. The van der Waals surface area contributed by atoms with E-state index >= 15 is 0 Å². The quantitative estimate of drug-likeness (QED) is 0.756. The van der Waals surface area contributed by atoms with E-state index in [1.54, 1.807) is 11.8 Å². The molecule has 0 fully saturated rings. The average molecular weight is 378 g/mol. The maximum absolute atomic E-state index is 12.1. The van der Waals surface area contributed by atoms with Crippen LogP contribution in [0.4, 0.5) is 0 Å². The molecule has 0 bridgehead atoms. The summed E-state index contributed by atoms with van der Waals surface area (Å²) < 4.78 is 1.04. The van der Waals surface area contributed by atoms with Crippen LogP contribution >= 0.6 is 27.7 Å². The van der Waals surface area contributed by atoms with Crippen molar-refractivity contribution < 1.29 is 4.79 Å². The number of hydrogen-bond acceptors (Lipinski definition) is 2. The second-order valence-corrected chi connectivity index (χ2v) is 7.45. The van der Waals surface area contributed by atoms with Crippen LogP contribution in [0.15, 0.2) is 59.1 Å². The Bertz CT molecular complexity index is 600. The summed E-state index contributed by atoms with van der Waals surface area (Å²) in [4.78, 5) is 12.1. The third kappa shape index (κ3) is 5.18. The van der Waals surface area contributed by atoms with Gasteiger partial charge in [-0.2, -0.15) is 0 Å². The second-order valence-electron chi connectivity index (χ2n) is 5.20. The molecule has 0 radical (unpaired) electrons. The zero-order valence-electron chi connectivity index (χ0n) is 12.8. The summed E-state index contributed by atoms with van der Waals surface area (Å²) in [5, 5.41) is 3.36. The van der Waals surface area contributed by atoms with Gasteiger partial charge in [-0.05, 0) is 37.1 Å². The van der Waals surface area contributed by atoms with Crippen molar-refractivity contribution in [3.8, 4) is 0 Å². The standard InChI is InChI=1S/C18H20BrNOS/c1-13(15-8-10-17(19)11-9-15)20-18(21)12-22-14(2)16-6-4-3-5-7-16/h3-11,13-14H,12H2,1-2H3,(H,20,21)/t13-,14-/m0/s1. The van der Waals surface area contributed by atoms with E-state index in [1.807, 2.05) is 49.4 Å². The molecule has 0 spiro atoms. The molecule has 0 aliphatic rings. The number of thioether (sulfide) groups is 1. The lowest BCUT2D eigenvalue weighted by Crippen LogP contribution is -2.28. The number of amides is 1. The number of carbonyl (C=O) groups is 1. The van der Waals surface area contributed by atoms with Gasteiger partial charge < -0.3 is 5.32 Å². The first-order valence-electron chi connectivity index (χ1n) is 7.27. The first kappa shape index (κ1) is 17.1. The number of rotatable bonds is 6. The van der Waals surface area contributed by atoms with Crippen LogP contribution in [0.1, 0.15) is 36.3 Å². The Labute approximate surface area is 144 Å². The Hall–Kier alpha value is -1.26. The largest absolute Gasteiger partial charge is 0.349 e. The molecule has 0 aliphatic carbocycles. The maximum Gasteiger partial charge on any atom is 0.230 e. The smallest absolute Gasteiger partial charge is 0.230 e. The highest BCUT2D eigenvalue weighted by molar-refractivity contribution is 9.10.